The maximum absolute atomic E-state index is 12.3. The zero-order chi connectivity index (χ0) is 13.1. The van der Waals surface area contributed by atoms with Crippen LogP contribution in [0.25, 0.3) is 0 Å². The normalized spacial score (nSPS) is 31.9. The SMILES string of the molecule is CCC1CCC(C#N)(CC(O)C(F)(F)F)CC1. The van der Waals surface area contributed by atoms with E-state index < -0.39 is 24.1 Å². The number of aliphatic hydroxyl groups is 1. The molecule has 0 aromatic heterocycles. The molecule has 2 nitrogen and oxygen atoms in total. The Hall–Kier alpha value is -0.760. The van der Waals surface area contributed by atoms with Crippen molar-refractivity contribution in [2.45, 2.75) is 57.7 Å². The van der Waals surface area contributed by atoms with E-state index in [0.717, 1.165) is 19.3 Å². The van der Waals surface area contributed by atoms with Crippen LogP contribution in [0.1, 0.15) is 45.4 Å². The number of nitrogens with zero attached hydrogens (tertiary/aromatic N) is 1. The summed E-state index contributed by atoms with van der Waals surface area (Å²) in [6.07, 6.45) is -3.97. The van der Waals surface area contributed by atoms with Crippen LogP contribution in [0.5, 0.6) is 0 Å². The third kappa shape index (κ3) is 3.60. The van der Waals surface area contributed by atoms with Gasteiger partial charge in [0.1, 0.15) is 0 Å². The number of halogens is 3. The molecule has 0 spiro atoms. The van der Waals surface area contributed by atoms with Crippen LogP contribution in [0, 0.1) is 22.7 Å². The van der Waals surface area contributed by atoms with Gasteiger partial charge in [-0.25, -0.2) is 0 Å². The van der Waals surface area contributed by atoms with Gasteiger partial charge in [0, 0.05) is 6.42 Å². The fourth-order valence-corrected chi connectivity index (χ4v) is 2.49. The molecule has 0 radical (unpaired) electrons. The summed E-state index contributed by atoms with van der Waals surface area (Å²) < 4.78 is 36.9. The highest BCUT2D eigenvalue weighted by atomic mass is 19.4. The molecule has 1 aliphatic carbocycles. The highest BCUT2D eigenvalue weighted by Crippen LogP contribution is 2.44. The molecule has 0 amide bonds. The zero-order valence-corrected chi connectivity index (χ0v) is 9.93. The summed E-state index contributed by atoms with van der Waals surface area (Å²) in [6, 6.07) is 2.01. The van der Waals surface area contributed by atoms with Crippen molar-refractivity contribution in [3.8, 4) is 6.07 Å². The standard InChI is InChI=1S/C12H18F3NO/c1-2-9-3-5-11(8-16,6-4-9)7-10(17)12(13,14)15/h9-10,17H,2-7H2,1H3. The number of rotatable bonds is 3. The maximum atomic E-state index is 12.3. The first-order valence-corrected chi connectivity index (χ1v) is 5.99. The van der Waals surface area contributed by atoms with Crippen LogP contribution in [0.15, 0.2) is 0 Å². The third-order valence-electron chi connectivity index (χ3n) is 3.84. The molecule has 0 saturated heterocycles. The van der Waals surface area contributed by atoms with Crippen molar-refractivity contribution in [1.82, 2.24) is 0 Å². The van der Waals surface area contributed by atoms with Crippen LogP contribution in [0.4, 0.5) is 13.2 Å². The van der Waals surface area contributed by atoms with Gasteiger partial charge in [-0.1, -0.05) is 13.3 Å². The molecule has 1 saturated carbocycles. The first-order chi connectivity index (χ1) is 7.83. The Morgan fingerprint density at radius 2 is 1.94 bits per heavy atom. The summed E-state index contributed by atoms with van der Waals surface area (Å²) in [5.41, 5.74) is -0.986. The first-order valence-electron chi connectivity index (χ1n) is 5.99. The fraction of sp³-hybridized carbons (Fsp3) is 0.917. The predicted octanol–water partition coefficient (Wildman–Crippen LogP) is 3.41. The van der Waals surface area contributed by atoms with Crippen molar-refractivity contribution in [2.24, 2.45) is 11.3 Å². The fourth-order valence-electron chi connectivity index (χ4n) is 2.49. The van der Waals surface area contributed by atoms with Gasteiger partial charge < -0.3 is 5.11 Å². The van der Waals surface area contributed by atoms with Gasteiger partial charge in [0.2, 0.25) is 0 Å². The molecule has 1 rings (SSSR count). The lowest BCUT2D eigenvalue weighted by atomic mass is 9.68. The molecule has 0 aromatic carbocycles. The summed E-state index contributed by atoms with van der Waals surface area (Å²) in [7, 11) is 0. The highest BCUT2D eigenvalue weighted by Gasteiger charge is 2.45. The molecule has 98 valence electrons. The molecule has 0 heterocycles. The molecular formula is C12H18F3NO. The smallest absolute Gasteiger partial charge is 0.384 e. The van der Waals surface area contributed by atoms with Gasteiger partial charge in [0.15, 0.2) is 6.10 Å². The van der Waals surface area contributed by atoms with Crippen LogP contribution < -0.4 is 0 Å². The molecule has 1 N–H and O–H groups in total. The molecule has 0 bridgehead atoms. The van der Waals surface area contributed by atoms with Crippen LogP contribution >= 0.6 is 0 Å². The number of hydrogen-bond donors (Lipinski definition) is 1. The highest BCUT2D eigenvalue weighted by molar-refractivity contribution is 5.03. The molecule has 1 fully saturated rings. The number of nitriles is 1. The van der Waals surface area contributed by atoms with E-state index in [1.807, 2.05) is 6.07 Å². The lowest BCUT2D eigenvalue weighted by Gasteiger charge is -2.36. The molecule has 17 heavy (non-hydrogen) atoms. The average molecular weight is 249 g/mol. The molecule has 0 aromatic rings. The molecule has 1 atom stereocenters. The summed E-state index contributed by atoms with van der Waals surface area (Å²) in [5, 5.41) is 18.2. The Morgan fingerprint density at radius 3 is 2.29 bits per heavy atom. The lowest BCUT2D eigenvalue weighted by molar-refractivity contribution is -0.211. The van der Waals surface area contributed by atoms with Gasteiger partial charge in [-0.2, -0.15) is 18.4 Å². The second-order valence-electron chi connectivity index (χ2n) is 5.01. The first kappa shape index (κ1) is 14.3. The van der Waals surface area contributed by atoms with E-state index in [1.165, 1.54) is 0 Å². The second-order valence-corrected chi connectivity index (χ2v) is 5.01. The largest absolute Gasteiger partial charge is 0.414 e. The van der Waals surface area contributed by atoms with Crippen molar-refractivity contribution < 1.29 is 18.3 Å². The van der Waals surface area contributed by atoms with Crippen LogP contribution in [0.3, 0.4) is 0 Å². The Labute approximate surface area is 99.4 Å². The van der Waals surface area contributed by atoms with E-state index in [1.54, 1.807) is 0 Å². The van der Waals surface area contributed by atoms with Crippen molar-refractivity contribution >= 4 is 0 Å². The quantitative estimate of drug-likeness (QED) is 0.833. The van der Waals surface area contributed by atoms with Gasteiger partial charge in [-0.3, -0.25) is 0 Å². The van der Waals surface area contributed by atoms with Gasteiger partial charge in [-0.05, 0) is 31.6 Å². The van der Waals surface area contributed by atoms with Crippen molar-refractivity contribution in [1.29, 1.82) is 5.26 Å². The Morgan fingerprint density at radius 1 is 1.41 bits per heavy atom. The Balaban J connectivity index is 2.63. The summed E-state index contributed by atoms with van der Waals surface area (Å²) in [6.45, 7) is 2.05. The summed E-state index contributed by atoms with van der Waals surface area (Å²) in [4.78, 5) is 0. The number of alkyl halides is 3. The van der Waals surface area contributed by atoms with Crippen LogP contribution in [-0.4, -0.2) is 17.4 Å². The molecular weight excluding hydrogens is 231 g/mol. The summed E-state index contributed by atoms with van der Waals surface area (Å²) in [5.74, 6) is 0.513. The van der Waals surface area contributed by atoms with E-state index in [-0.39, 0.29) is 0 Å². The van der Waals surface area contributed by atoms with Gasteiger partial charge in [0.05, 0.1) is 11.5 Å². The lowest BCUT2D eigenvalue weighted by Crippen LogP contribution is -2.37. The molecule has 1 unspecified atom stereocenters. The van der Waals surface area contributed by atoms with Crippen LogP contribution in [-0.2, 0) is 0 Å². The van der Waals surface area contributed by atoms with Crippen LogP contribution in [0.2, 0.25) is 0 Å². The minimum Gasteiger partial charge on any atom is -0.384 e. The van der Waals surface area contributed by atoms with E-state index >= 15 is 0 Å². The van der Waals surface area contributed by atoms with Gasteiger partial charge in [0.25, 0.3) is 0 Å². The van der Waals surface area contributed by atoms with E-state index in [2.05, 4.69) is 6.92 Å². The van der Waals surface area contributed by atoms with E-state index in [4.69, 9.17) is 10.4 Å². The van der Waals surface area contributed by atoms with Crippen molar-refractivity contribution in [3.63, 3.8) is 0 Å². The summed E-state index contributed by atoms with van der Waals surface area (Å²) >= 11 is 0. The van der Waals surface area contributed by atoms with E-state index in [9.17, 15) is 13.2 Å². The Bertz CT molecular complexity index is 287. The zero-order valence-electron chi connectivity index (χ0n) is 9.93. The molecule has 1 aliphatic rings. The predicted molar refractivity (Wildman–Crippen MR) is 57.0 cm³/mol. The number of aliphatic hydroxyl groups excluding tert-OH is 1. The molecule has 0 aliphatic heterocycles. The van der Waals surface area contributed by atoms with Gasteiger partial charge in [-0.15, -0.1) is 0 Å². The monoisotopic (exact) mass is 249 g/mol. The average Bonchev–Trinajstić information content (AvgIpc) is 2.28. The number of hydrogen-bond acceptors (Lipinski definition) is 2. The topological polar surface area (TPSA) is 44.0 Å². The minimum atomic E-state index is -4.62. The molecule has 5 heteroatoms. The van der Waals surface area contributed by atoms with Crippen molar-refractivity contribution in [2.75, 3.05) is 0 Å². The van der Waals surface area contributed by atoms with Gasteiger partial charge >= 0.3 is 6.18 Å². The maximum Gasteiger partial charge on any atom is 0.414 e. The van der Waals surface area contributed by atoms with E-state index in [0.29, 0.717) is 18.8 Å². The minimum absolute atomic E-state index is 0.467. The Kier molecular flexibility index (Phi) is 4.42. The third-order valence-corrected chi connectivity index (χ3v) is 3.84. The van der Waals surface area contributed by atoms with Crippen molar-refractivity contribution in [3.05, 3.63) is 0 Å². The second kappa shape index (κ2) is 5.26.